The molecule has 0 aromatic carbocycles. The first-order valence-corrected chi connectivity index (χ1v) is 8.61. The molecule has 3 aliphatic rings. The molecule has 8 nitrogen and oxygen atoms in total. The van der Waals surface area contributed by atoms with Gasteiger partial charge >= 0.3 is 0 Å². The van der Waals surface area contributed by atoms with Gasteiger partial charge in [-0.15, -0.1) is 0 Å². The number of fused-ring (bicyclic) bond motifs is 1. The number of nitrogens with two attached hydrogens (primary N) is 1. The summed E-state index contributed by atoms with van der Waals surface area (Å²) in [4.78, 5) is 15.7. The van der Waals surface area contributed by atoms with Gasteiger partial charge in [-0.25, -0.2) is 0 Å². The van der Waals surface area contributed by atoms with Crippen molar-refractivity contribution in [3.05, 3.63) is 6.07 Å². The van der Waals surface area contributed by atoms with Crippen molar-refractivity contribution in [2.24, 2.45) is 11.3 Å². The highest BCUT2D eigenvalue weighted by molar-refractivity contribution is 5.55. The standard InChI is InChI=1S/C16H26N6O2/c1-20-2-4-21(5-3-20)13-6-14(19-15(17)18-13)22-7-12-8-24-11-16(12,9-22)10-23/h6,12,23H,2-5,7-11H2,1H3,(H2,17,18,19)/t12-,16-/m0/s1. The molecule has 0 radical (unpaired) electrons. The minimum atomic E-state index is -0.159. The Labute approximate surface area is 142 Å². The van der Waals surface area contributed by atoms with Gasteiger partial charge in [-0.2, -0.15) is 9.97 Å². The van der Waals surface area contributed by atoms with Gasteiger partial charge in [0.2, 0.25) is 5.95 Å². The summed E-state index contributed by atoms with van der Waals surface area (Å²) >= 11 is 0. The van der Waals surface area contributed by atoms with Crippen LogP contribution in [0.25, 0.3) is 0 Å². The number of nitrogens with zero attached hydrogens (tertiary/aromatic N) is 5. The van der Waals surface area contributed by atoms with Crippen LogP contribution < -0.4 is 15.5 Å². The van der Waals surface area contributed by atoms with E-state index in [9.17, 15) is 5.11 Å². The monoisotopic (exact) mass is 334 g/mol. The molecule has 8 heteroatoms. The fourth-order valence-corrected chi connectivity index (χ4v) is 4.03. The van der Waals surface area contributed by atoms with Crippen molar-refractivity contribution in [2.75, 3.05) is 81.7 Å². The molecular weight excluding hydrogens is 308 g/mol. The van der Waals surface area contributed by atoms with E-state index in [0.717, 1.165) is 50.9 Å². The zero-order valence-corrected chi connectivity index (χ0v) is 14.2. The molecule has 2 atom stereocenters. The number of aliphatic hydroxyl groups is 1. The summed E-state index contributed by atoms with van der Waals surface area (Å²) < 4.78 is 5.59. The average Bonchev–Trinajstić information content (AvgIpc) is 3.12. The molecular formula is C16H26N6O2. The Balaban J connectivity index is 1.56. The fourth-order valence-electron chi connectivity index (χ4n) is 4.03. The van der Waals surface area contributed by atoms with Gasteiger partial charge < -0.3 is 30.3 Å². The average molecular weight is 334 g/mol. The molecule has 0 bridgehead atoms. The number of hydrogen-bond donors (Lipinski definition) is 2. The van der Waals surface area contributed by atoms with Crippen LogP contribution in [0.3, 0.4) is 0 Å². The van der Waals surface area contributed by atoms with Crippen LogP contribution in [0.15, 0.2) is 6.07 Å². The summed E-state index contributed by atoms with van der Waals surface area (Å²) in [6.45, 7) is 7.03. The summed E-state index contributed by atoms with van der Waals surface area (Å²) in [5.74, 6) is 2.43. The van der Waals surface area contributed by atoms with Crippen LogP contribution in [0.2, 0.25) is 0 Å². The third kappa shape index (κ3) is 2.68. The third-order valence-electron chi connectivity index (χ3n) is 5.70. The van der Waals surface area contributed by atoms with E-state index in [2.05, 4.69) is 31.7 Å². The smallest absolute Gasteiger partial charge is 0.223 e. The molecule has 4 heterocycles. The zero-order valence-electron chi connectivity index (χ0n) is 14.2. The van der Waals surface area contributed by atoms with E-state index in [4.69, 9.17) is 10.5 Å². The molecule has 0 unspecified atom stereocenters. The molecule has 1 aromatic rings. The van der Waals surface area contributed by atoms with E-state index < -0.39 is 0 Å². The van der Waals surface area contributed by atoms with Gasteiger partial charge in [0.25, 0.3) is 0 Å². The molecule has 3 N–H and O–H groups in total. The minimum absolute atomic E-state index is 0.153. The normalized spacial score (nSPS) is 30.8. The second kappa shape index (κ2) is 6.02. The lowest BCUT2D eigenvalue weighted by atomic mass is 9.82. The van der Waals surface area contributed by atoms with Gasteiger partial charge in [0, 0.05) is 56.7 Å². The van der Waals surface area contributed by atoms with Crippen LogP contribution in [0.1, 0.15) is 0 Å². The van der Waals surface area contributed by atoms with Crippen LogP contribution in [0.5, 0.6) is 0 Å². The topological polar surface area (TPSA) is 91.0 Å². The Morgan fingerprint density at radius 2 is 1.96 bits per heavy atom. The fraction of sp³-hybridized carbons (Fsp3) is 0.750. The van der Waals surface area contributed by atoms with Crippen molar-refractivity contribution in [1.29, 1.82) is 0 Å². The predicted molar refractivity (Wildman–Crippen MR) is 92.2 cm³/mol. The number of ether oxygens (including phenoxy) is 1. The lowest BCUT2D eigenvalue weighted by Gasteiger charge is -2.33. The maximum absolute atomic E-state index is 9.85. The van der Waals surface area contributed by atoms with E-state index in [1.54, 1.807) is 0 Å². The first-order valence-electron chi connectivity index (χ1n) is 8.61. The molecule has 3 fully saturated rings. The second-order valence-electron chi connectivity index (χ2n) is 7.35. The number of aliphatic hydroxyl groups excluding tert-OH is 1. The zero-order chi connectivity index (χ0) is 16.7. The molecule has 0 amide bonds. The number of rotatable bonds is 3. The molecule has 3 aliphatic heterocycles. The Hall–Kier alpha value is -1.64. The highest BCUT2D eigenvalue weighted by Gasteiger charge is 2.50. The summed E-state index contributed by atoms with van der Waals surface area (Å²) in [7, 11) is 2.14. The third-order valence-corrected chi connectivity index (χ3v) is 5.70. The van der Waals surface area contributed by atoms with Gasteiger partial charge in [-0.05, 0) is 7.05 Å². The Kier molecular flexibility index (Phi) is 3.98. The molecule has 0 saturated carbocycles. The number of anilines is 3. The molecule has 132 valence electrons. The largest absolute Gasteiger partial charge is 0.396 e. The second-order valence-corrected chi connectivity index (χ2v) is 7.35. The van der Waals surface area contributed by atoms with E-state index >= 15 is 0 Å². The Morgan fingerprint density at radius 1 is 1.25 bits per heavy atom. The number of likely N-dealkylation sites (N-methyl/N-ethyl adjacent to an activating group) is 1. The van der Waals surface area contributed by atoms with Crippen LogP contribution in [-0.4, -0.2) is 86.1 Å². The maximum atomic E-state index is 9.85. The van der Waals surface area contributed by atoms with Gasteiger partial charge in [0.1, 0.15) is 11.6 Å². The highest BCUT2D eigenvalue weighted by atomic mass is 16.5. The Bertz CT molecular complexity index is 606. The highest BCUT2D eigenvalue weighted by Crippen LogP contribution is 2.42. The number of nitrogen functional groups attached to an aromatic ring is 1. The van der Waals surface area contributed by atoms with Crippen LogP contribution in [-0.2, 0) is 4.74 Å². The van der Waals surface area contributed by atoms with Crippen LogP contribution >= 0.6 is 0 Å². The van der Waals surface area contributed by atoms with Crippen molar-refractivity contribution in [2.45, 2.75) is 0 Å². The molecule has 4 rings (SSSR count). The SMILES string of the molecule is CN1CCN(c2cc(N3C[C@H]4COC[C@@]4(CO)C3)nc(N)n2)CC1. The molecule has 3 saturated heterocycles. The molecule has 1 aromatic heterocycles. The summed E-state index contributed by atoms with van der Waals surface area (Å²) in [5.41, 5.74) is 5.82. The van der Waals surface area contributed by atoms with E-state index in [-0.39, 0.29) is 12.0 Å². The number of aromatic nitrogens is 2. The van der Waals surface area contributed by atoms with Crippen molar-refractivity contribution in [3.8, 4) is 0 Å². The van der Waals surface area contributed by atoms with Crippen molar-refractivity contribution >= 4 is 17.6 Å². The first kappa shape index (κ1) is 15.9. The molecule has 24 heavy (non-hydrogen) atoms. The quantitative estimate of drug-likeness (QED) is 0.747. The number of piperazine rings is 1. The first-order chi connectivity index (χ1) is 11.6. The lowest BCUT2D eigenvalue weighted by Crippen LogP contribution is -2.45. The molecule has 0 spiro atoms. The van der Waals surface area contributed by atoms with Crippen molar-refractivity contribution < 1.29 is 9.84 Å². The van der Waals surface area contributed by atoms with E-state index in [0.29, 0.717) is 25.1 Å². The molecule has 0 aliphatic carbocycles. The van der Waals surface area contributed by atoms with Crippen molar-refractivity contribution in [1.82, 2.24) is 14.9 Å². The lowest BCUT2D eigenvalue weighted by molar-refractivity contribution is 0.0989. The summed E-state index contributed by atoms with van der Waals surface area (Å²) in [6.07, 6.45) is 0. The minimum Gasteiger partial charge on any atom is -0.396 e. The summed E-state index contributed by atoms with van der Waals surface area (Å²) in [5, 5.41) is 9.85. The summed E-state index contributed by atoms with van der Waals surface area (Å²) in [6, 6.07) is 2.04. The van der Waals surface area contributed by atoms with Crippen LogP contribution in [0, 0.1) is 11.3 Å². The Morgan fingerprint density at radius 3 is 2.62 bits per heavy atom. The van der Waals surface area contributed by atoms with Crippen molar-refractivity contribution in [3.63, 3.8) is 0 Å². The van der Waals surface area contributed by atoms with Crippen LogP contribution in [0.4, 0.5) is 17.6 Å². The van der Waals surface area contributed by atoms with Gasteiger partial charge in [0.15, 0.2) is 0 Å². The van der Waals surface area contributed by atoms with E-state index in [1.165, 1.54) is 0 Å². The van der Waals surface area contributed by atoms with Gasteiger partial charge in [0.05, 0.1) is 19.8 Å². The maximum Gasteiger partial charge on any atom is 0.223 e. The van der Waals surface area contributed by atoms with Gasteiger partial charge in [-0.1, -0.05) is 0 Å². The van der Waals surface area contributed by atoms with Gasteiger partial charge in [-0.3, -0.25) is 0 Å². The van der Waals surface area contributed by atoms with E-state index in [1.807, 2.05) is 6.07 Å². The number of hydrogen-bond acceptors (Lipinski definition) is 8. The predicted octanol–water partition coefficient (Wildman–Crippen LogP) is -0.744.